The standard InChI is InChI=1S/C17H15N3O4/c1-20-15(21)14(19-16(20)22)11-7-9-12(10-8-11)18-17(23)24-13-5-3-2-4-6-13/h2-10,14H,1H3,(H,18,23)(H,19,22). The summed E-state index contributed by atoms with van der Waals surface area (Å²) < 4.78 is 5.13. The fourth-order valence-corrected chi connectivity index (χ4v) is 2.30. The van der Waals surface area contributed by atoms with Crippen molar-refractivity contribution < 1.29 is 19.1 Å². The molecular weight excluding hydrogens is 310 g/mol. The van der Waals surface area contributed by atoms with Crippen molar-refractivity contribution in [2.24, 2.45) is 0 Å². The van der Waals surface area contributed by atoms with Gasteiger partial charge in [0, 0.05) is 12.7 Å². The molecule has 0 aromatic heterocycles. The van der Waals surface area contributed by atoms with Gasteiger partial charge in [0.1, 0.15) is 11.8 Å². The van der Waals surface area contributed by atoms with Crippen LogP contribution in [0.2, 0.25) is 0 Å². The molecule has 7 nitrogen and oxygen atoms in total. The number of benzene rings is 2. The molecule has 0 aliphatic carbocycles. The third-order valence-electron chi connectivity index (χ3n) is 3.59. The van der Waals surface area contributed by atoms with Crippen molar-refractivity contribution in [2.75, 3.05) is 12.4 Å². The summed E-state index contributed by atoms with van der Waals surface area (Å²) in [4.78, 5) is 36.3. The van der Waals surface area contributed by atoms with Gasteiger partial charge in [-0.2, -0.15) is 0 Å². The Bertz CT molecular complexity index is 774. The molecule has 0 radical (unpaired) electrons. The van der Waals surface area contributed by atoms with Crippen molar-refractivity contribution in [1.82, 2.24) is 10.2 Å². The minimum Gasteiger partial charge on any atom is -0.410 e. The maximum atomic E-state index is 11.9. The van der Waals surface area contributed by atoms with E-state index < -0.39 is 18.2 Å². The lowest BCUT2D eigenvalue weighted by molar-refractivity contribution is -0.126. The van der Waals surface area contributed by atoms with E-state index in [0.29, 0.717) is 17.0 Å². The number of likely N-dealkylation sites (N-methyl/N-ethyl adjacent to an activating group) is 1. The lowest BCUT2D eigenvalue weighted by atomic mass is 10.1. The Hall–Kier alpha value is -3.35. The highest BCUT2D eigenvalue weighted by Gasteiger charge is 2.36. The number of rotatable bonds is 3. The minimum atomic E-state index is -0.701. The van der Waals surface area contributed by atoms with Gasteiger partial charge in [-0.25, -0.2) is 9.59 Å². The van der Waals surface area contributed by atoms with Crippen LogP contribution in [0.25, 0.3) is 0 Å². The molecule has 7 heteroatoms. The first-order valence-electron chi connectivity index (χ1n) is 7.26. The molecule has 0 bridgehead atoms. The van der Waals surface area contributed by atoms with Gasteiger partial charge < -0.3 is 10.1 Å². The zero-order valence-corrected chi connectivity index (χ0v) is 12.9. The van der Waals surface area contributed by atoms with E-state index in [1.165, 1.54) is 7.05 Å². The molecule has 1 unspecified atom stereocenters. The summed E-state index contributed by atoms with van der Waals surface area (Å²) in [6.45, 7) is 0. The summed E-state index contributed by atoms with van der Waals surface area (Å²) in [6.07, 6.45) is -0.612. The Morgan fingerprint density at radius 2 is 1.75 bits per heavy atom. The normalized spacial score (nSPS) is 16.7. The Morgan fingerprint density at radius 1 is 1.08 bits per heavy atom. The maximum absolute atomic E-state index is 11.9. The summed E-state index contributed by atoms with van der Waals surface area (Å²) in [5, 5.41) is 5.18. The van der Waals surface area contributed by atoms with Gasteiger partial charge >= 0.3 is 12.1 Å². The summed E-state index contributed by atoms with van der Waals surface area (Å²) in [6, 6.07) is 14.2. The number of imide groups is 1. The summed E-state index contributed by atoms with van der Waals surface area (Å²) in [7, 11) is 1.42. The van der Waals surface area contributed by atoms with Crippen LogP contribution < -0.4 is 15.4 Å². The average molecular weight is 325 g/mol. The van der Waals surface area contributed by atoms with E-state index in [1.54, 1.807) is 48.5 Å². The van der Waals surface area contributed by atoms with Crippen LogP contribution in [0.1, 0.15) is 11.6 Å². The Balaban J connectivity index is 1.64. The van der Waals surface area contributed by atoms with Gasteiger partial charge in [-0.3, -0.25) is 15.0 Å². The summed E-state index contributed by atoms with van der Waals surface area (Å²) in [5.41, 5.74) is 1.16. The van der Waals surface area contributed by atoms with Crippen LogP contribution in [0.4, 0.5) is 15.3 Å². The zero-order valence-electron chi connectivity index (χ0n) is 12.9. The second-order valence-corrected chi connectivity index (χ2v) is 5.23. The maximum Gasteiger partial charge on any atom is 0.417 e. The second kappa shape index (κ2) is 6.41. The van der Waals surface area contributed by atoms with Crippen molar-refractivity contribution >= 4 is 23.7 Å². The van der Waals surface area contributed by atoms with Crippen LogP contribution in [0.15, 0.2) is 54.6 Å². The number of nitrogens with one attached hydrogen (secondary N) is 2. The van der Waals surface area contributed by atoms with E-state index in [1.807, 2.05) is 6.07 Å². The second-order valence-electron chi connectivity index (χ2n) is 5.23. The number of hydrogen-bond acceptors (Lipinski definition) is 4. The van der Waals surface area contributed by atoms with Crippen LogP contribution in [-0.2, 0) is 4.79 Å². The number of amides is 4. The predicted octanol–water partition coefficient (Wildman–Crippen LogP) is 2.52. The molecule has 1 saturated heterocycles. The number of hydrogen-bond donors (Lipinski definition) is 2. The smallest absolute Gasteiger partial charge is 0.410 e. The molecule has 1 fully saturated rings. The van der Waals surface area contributed by atoms with Gasteiger partial charge in [0.15, 0.2) is 0 Å². The zero-order chi connectivity index (χ0) is 17.1. The van der Waals surface area contributed by atoms with Crippen LogP contribution in [-0.4, -0.2) is 30.0 Å². The highest BCUT2D eigenvalue weighted by molar-refractivity contribution is 6.04. The number of para-hydroxylation sites is 1. The van der Waals surface area contributed by atoms with Crippen molar-refractivity contribution in [2.45, 2.75) is 6.04 Å². The van der Waals surface area contributed by atoms with Crippen LogP contribution in [0.5, 0.6) is 5.75 Å². The molecule has 2 aromatic rings. The van der Waals surface area contributed by atoms with E-state index in [0.717, 1.165) is 4.90 Å². The number of nitrogens with zero attached hydrogens (tertiary/aromatic N) is 1. The molecule has 2 N–H and O–H groups in total. The number of carbonyl (C=O) groups is 3. The topological polar surface area (TPSA) is 87.7 Å². The van der Waals surface area contributed by atoms with Crippen molar-refractivity contribution in [1.29, 1.82) is 0 Å². The van der Waals surface area contributed by atoms with E-state index in [-0.39, 0.29) is 5.91 Å². The lowest BCUT2D eigenvalue weighted by Crippen LogP contribution is -2.25. The average Bonchev–Trinajstić information content (AvgIpc) is 2.84. The monoisotopic (exact) mass is 325 g/mol. The van der Waals surface area contributed by atoms with Gasteiger partial charge in [-0.1, -0.05) is 30.3 Å². The first-order chi connectivity index (χ1) is 11.5. The molecule has 1 heterocycles. The molecule has 1 aliphatic rings. The van der Waals surface area contributed by atoms with Gasteiger partial charge in [0.05, 0.1) is 0 Å². The predicted molar refractivity (Wildman–Crippen MR) is 86.6 cm³/mol. The fraction of sp³-hybridized carbons (Fsp3) is 0.118. The van der Waals surface area contributed by atoms with E-state index >= 15 is 0 Å². The minimum absolute atomic E-state index is 0.316. The number of urea groups is 1. The Kier molecular flexibility index (Phi) is 4.15. The lowest BCUT2D eigenvalue weighted by Gasteiger charge is -2.10. The highest BCUT2D eigenvalue weighted by Crippen LogP contribution is 2.22. The number of carbonyl (C=O) groups excluding carboxylic acids is 3. The molecule has 0 saturated carbocycles. The molecular formula is C17H15N3O4. The first kappa shape index (κ1) is 15.5. The van der Waals surface area contributed by atoms with Crippen LogP contribution in [0, 0.1) is 0 Å². The van der Waals surface area contributed by atoms with Crippen LogP contribution in [0.3, 0.4) is 0 Å². The third kappa shape index (κ3) is 3.19. The van der Waals surface area contributed by atoms with Gasteiger partial charge in [-0.05, 0) is 29.8 Å². The van der Waals surface area contributed by atoms with Gasteiger partial charge in [0.25, 0.3) is 5.91 Å². The van der Waals surface area contributed by atoms with Gasteiger partial charge in [0.2, 0.25) is 0 Å². The van der Waals surface area contributed by atoms with Crippen LogP contribution >= 0.6 is 0 Å². The number of ether oxygens (including phenoxy) is 1. The molecule has 3 rings (SSSR count). The molecule has 24 heavy (non-hydrogen) atoms. The van der Waals surface area contributed by atoms with E-state index in [4.69, 9.17) is 4.74 Å². The third-order valence-corrected chi connectivity index (χ3v) is 3.59. The SMILES string of the molecule is CN1C(=O)NC(c2ccc(NC(=O)Oc3ccccc3)cc2)C1=O. The van der Waals surface area contributed by atoms with E-state index in [9.17, 15) is 14.4 Å². The highest BCUT2D eigenvalue weighted by atomic mass is 16.6. The van der Waals surface area contributed by atoms with Crippen molar-refractivity contribution in [3.8, 4) is 5.75 Å². The molecule has 1 atom stereocenters. The molecule has 4 amide bonds. The molecule has 0 spiro atoms. The number of anilines is 1. The van der Waals surface area contributed by atoms with E-state index in [2.05, 4.69) is 10.6 Å². The first-order valence-corrected chi connectivity index (χ1v) is 7.26. The fourth-order valence-electron chi connectivity index (χ4n) is 2.30. The van der Waals surface area contributed by atoms with Crippen molar-refractivity contribution in [3.63, 3.8) is 0 Å². The quantitative estimate of drug-likeness (QED) is 0.849. The Morgan fingerprint density at radius 3 is 2.33 bits per heavy atom. The molecule has 2 aromatic carbocycles. The summed E-state index contributed by atoms with van der Waals surface area (Å²) >= 11 is 0. The van der Waals surface area contributed by atoms with Crippen molar-refractivity contribution in [3.05, 3.63) is 60.2 Å². The molecule has 1 aliphatic heterocycles. The Labute approximate surface area is 138 Å². The molecule has 122 valence electrons. The summed E-state index contributed by atoms with van der Waals surface area (Å²) in [5.74, 6) is 0.123. The largest absolute Gasteiger partial charge is 0.417 e. The van der Waals surface area contributed by atoms with Gasteiger partial charge in [-0.15, -0.1) is 0 Å².